The first-order valence-electron chi connectivity index (χ1n) is 6.62. The van der Waals surface area contributed by atoms with Gasteiger partial charge in [0.1, 0.15) is 0 Å². The molecule has 1 amide bonds. The van der Waals surface area contributed by atoms with E-state index in [4.69, 9.17) is 0 Å². The van der Waals surface area contributed by atoms with Crippen LogP contribution in [0.1, 0.15) is 32.9 Å². The van der Waals surface area contributed by atoms with Crippen molar-refractivity contribution in [2.24, 2.45) is 5.92 Å². The zero-order chi connectivity index (χ0) is 13.4. The molecular formula is C13H24N4O. The maximum absolute atomic E-state index is 11.3. The standard InChI is InChI=1S/C13H24N4O/c1-4-7-17-10-15-9-12(17)8-14-5-6-16-13(18)11(2)3/h9-11,14H,4-8H2,1-3H3,(H,16,18). The number of hydrogen-bond acceptors (Lipinski definition) is 3. The smallest absolute Gasteiger partial charge is 0.222 e. The lowest BCUT2D eigenvalue weighted by molar-refractivity contribution is -0.123. The van der Waals surface area contributed by atoms with E-state index in [2.05, 4.69) is 27.1 Å². The van der Waals surface area contributed by atoms with E-state index in [9.17, 15) is 4.79 Å². The molecule has 1 aromatic heterocycles. The molecule has 0 fully saturated rings. The lowest BCUT2D eigenvalue weighted by atomic mass is 10.2. The van der Waals surface area contributed by atoms with E-state index >= 15 is 0 Å². The number of nitrogens with zero attached hydrogens (tertiary/aromatic N) is 2. The minimum atomic E-state index is 0.0518. The Bertz CT molecular complexity index is 360. The lowest BCUT2D eigenvalue weighted by Crippen LogP contribution is -2.34. The van der Waals surface area contributed by atoms with E-state index in [-0.39, 0.29) is 11.8 Å². The van der Waals surface area contributed by atoms with Gasteiger partial charge in [-0.05, 0) is 6.42 Å². The molecule has 0 aromatic carbocycles. The summed E-state index contributed by atoms with van der Waals surface area (Å²) >= 11 is 0. The quantitative estimate of drug-likeness (QED) is 0.682. The minimum absolute atomic E-state index is 0.0518. The third-order valence-corrected chi connectivity index (χ3v) is 2.69. The molecule has 0 aliphatic heterocycles. The molecule has 1 heterocycles. The van der Waals surface area contributed by atoms with Gasteiger partial charge in [-0.25, -0.2) is 4.98 Å². The summed E-state index contributed by atoms with van der Waals surface area (Å²) in [6.45, 7) is 9.17. The molecule has 0 unspecified atom stereocenters. The highest BCUT2D eigenvalue weighted by atomic mass is 16.1. The van der Waals surface area contributed by atoms with Crippen molar-refractivity contribution < 1.29 is 4.79 Å². The van der Waals surface area contributed by atoms with Crippen LogP contribution in [-0.4, -0.2) is 28.5 Å². The number of aryl methyl sites for hydroxylation is 1. The van der Waals surface area contributed by atoms with Crippen LogP contribution in [0, 0.1) is 5.92 Å². The first-order chi connectivity index (χ1) is 8.65. The summed E-state index contributed by atoms with van der Waals surface area (Å²) in [5, 5.41) is 6.18. The fraction of sp³-hybridized carbons (Fsp3) is 0.692. The molecule has 0 spiro atoms. The highest BCUT2D eigenvalue weighted by Gasteiger charge is 2.05. The van der Waals surface area contributed by atoms with Gasteiger partial charge in [0.2, 0.25) is 5.91 Å². The molecular weight excluding hydrogens is 228 g/mol. The van der Waals surface area contributed by atoms with Gasteiger partial charge in [-0.1, -0.05) is 20.8 Å². The van der Waals surface area contributed by atoms with Crippen LogP contribution in [0.3, 0.4) is 0 Å². The summed E-state index contributed by atoms with van der Waals surface area (Å²) in [5.74, 6) is 0.156. The van der Waals surface area contributed by atoms with Crippen LogP contribution < -0.4 is 10.6 Å². The van der Waals surface area contributed by atoms with Crippen molar-refractivity contribution >= 4 is 5.91 Å². The molecule has 5 heteroatoms. The van der Waals surface area contributed by atoms with Crippen LogP contribution in [0.5, 0.6) is 0 Å². The van der Waals surface area contributed by atoms with Crippen molar-refractivity contribution in [3.63, 3.8) is 0 Å². The summed E-state index contributed by atoms with van der Waals surface area (Å²) in [6.07, 6.45) is 4.85. The Kier molecular flexibility index (Phi) is 6.43. The highest BCUT2D eigenvalue weighted by molar-refractivity contribution is 5.77. The summed E-state index contributed by atoms with van der Waals surface area (Å²) in [7, 11) is 0. The van der Waals surface area contributed by atoms with Gasteiger partial charge < -0.3 is 15.2 Å². The Labute approximate surface area is 109 Å². The Morgan fingerprint density at radius 2 is 2.22 bits per heavy atom. The molecule has 1 aromatic rings. The van der Waals surface area contributed by atoms with Gasteiger partial charge in [-0.15, -0.1) is 0 Å². The second-order valence-electron chi connectivity index (χ2n) is 4.70. The number of carbonyl (C=O) groups excluding carboxylic acids is 1. The summed E-state index contributed by atoms with van der Waals surface area (Å²) in [6, 6.07) is 0. The topological polar surface area (TPSA) is 59.0 Å². The van der Waals surface area contributed by atoms with Gasteiger partial charge in [-0.2, -0.15) is 0 Å². The van der Waals surface area contributed by atoms with Gasteiger partial charge in [0.15, 0.2) is 0 Å². The Morgan fingerprint density at radius 1 is 1.44 bits per heavy atom. The SMILES string of the molecule is CCCn1cncc1CNCCNC(=O)C(C)C. The van der Waals surface area contributed by atoms with Crippen molar-refractivity contribution in [3.8, 4) is 0 Å². The van der Waals surface area contributed by atoms with Gasteiger partial charge in [0.25, 0.3) is 0 Å². The van der Waals surface area contributed by atoms with E-state index in [1.165, 1.54) is 5.69 Å². The third-order valence-electron chi connectivity index (χ3n) is 2.69. The van der Waals surface area contributed by atoms with Crippen molar-refractivity contribution in [1.29, 1.82) is 0 Å². The normalized spacial score (nSPS) is 10.9. The molecule has 0 aliphatic rings. The molecule has 0 radical (unpaired) electrons. The molecule has 1 rings (SSSR count). The highest BCUT2D eigenvalue weighted by Crippen LogP contribution is 1.99. The maximum Gasteiger partial charge on any atom is 0.222 e. The number of carbonyl (C=O) groups is 1. The largest absolute Gasteiger partial charge is 0.355 e. The molecule has 0 aliphatic carbocycles. The van der Waals surface area contributed by atoms with Crippen LogP contribution in [0.4, 0.5) is 0 Å². The van der Waals surface area contributed by atoms with Gasteiger partial charge >= 0.3 is 0 Å². The van der Waals surface area contributed by atoms with Crippen LogP contribution in [0.25, 0.3) is 0 Å². The molecule has 5 nitrogen and oxygen atoms in total. The Morgan fingerprint density at radius 3 is 2.89 bits per heavy atom. The minimum Gasteiger partial charge on any atom is -0.355 e. The lowest BCUT2D eigenvalue weighted by Gasteiger charge is -2.10. The monoisotopic (exact) mass is 252 g/mol. The predicted octanol–water partition coefficient (Wildman–Crippen LogP) is 1.15. The number of amides is 1. The molecule has 0 bridgehead atoms. The zero-order valence-electron chi connectivity index (χ0n) is 11.6. The Balaban J connectivity index is 2.17. The fourth-order valence-corrected chi connectivity index (χ4v) is 1.63. The predicted molar refractivity (Wildman–Crippen MR) is 72.1 cm³/mol. The summed E-state index contributed by atoms with van der Waals surface area (Å²) in [5.41, 5.74) is 1.19. The molecule has 2 N–H and O–H groups in total. The second-order valence-corrected chi connectivity index (χ2v) is 4.70. The van der Waals surface area contributed by atoms with Gasteiger partial charge in [-0.3, -0.25) is 4.79 Å². The van der Waals surface area contributed by atoms with Crippen molar-refractivity contribution in [1.82, 2.24) is 20.2 Å². The molecule has 0 saturated heterocycles. The van der Waals surface area contributed by atoms with Gasteiger partial charge in [0.05, 0.1) is 12.0 Å². The van der Waals surface area contributed by atoms with Crippen molar-refractivity contribution in [2.75, 3.05) is 13.1 Å². The fourth-order valence-electron chi connectivity index (χ4n) is 1.63. The van der Waals surface area contributed by atoms with Crippen molar-refractivity contribution in [2.45, 2.75) is 40.3 Å². The number of rotatable bonds is 8. The molecule has 0 saturated carbocycles. The number of aromatic nitrogens is 2. The maximum atomic E-state index is 11.3. The number of hydrogen-bond donors (Lipinski definition) is 2. The summed E-state index contributed by atoms with van der Waals surface area (Å²) in [4.78, 5) is 15.5. The van der Waals surface area contributed by atoms with Crippen LogP contribution >= 0.6 is 0 Å². The average molecular weight is 252 g/mol. The van der Waals surface area contributed by atoms with Gasteiger partial charge in [0, 0.05) is 38.3 Å². The Hall–Kier alpha value is -1.36. The van der Waals surface area contributed by atoms with Crippen LogP contribution in [-0.2, 0) is 17.9 Å². The number of imidazole rings is 1. The van der Waals surface area contributed by atoms with Crippen LogP contribution in [0.2, 0.25) is 0 Å². The van der Waals surface area contributed by atoms with E-state index in [0.29, 0.717) is 6.54 Å². The molecule has 18 heavy (non-hydrogen) atoms. The van der Waals surface area contributed by atoms with E-state index in [1.807, 2.05) is 26.4 Å². The van der Waals surface area contributed by atoms with E-state index in [1.54, 1.807) is 0 Å². The third kappa shape index (κ3) is 4.87. The zero-order valence-corrected chi connectivity index (χ0v) is 11.6. The van der Waals surface area contributed by atoms with E-state index in [0.717, 1.165) is 26.1 Å². The van der Waals surface area contributed by atoms with E-state index < -0.39 is 0 Å². The number of nitrogens with one attached hydrogen (secondary N) is 2. The molecule has 0 atom stereocenters. The summed E-state index contributed by atoms with van der Waals surface area (Å²) < 4.78 is 2.15. The van der Waals surface area contributed by atoms with Crippen molar-refractivity contribution in [3.05, 3.63) is 18.2 Å². The second kappa shape index (κ2) is 7.87. The molecule has 102 valence electrons. The first-order valence-corrected chi connectivity index (χ1v) is 6.62. The average Bonchev–Trinajstić information content (AvgIpc) is 2.76. The first kappa shape index (κ1) is 14.7. The van der Waals surface area contributed by atoms with Crippen LogP contribution in [0.15, 0.2) is 12.5 Å².